The Kier molecular flexibility index (Phi) is 1.86. The van der Waals surface area contributed by atoms with Crippen molar-refractivity contribution in [1.82, 2.24) is 0 Å². The molecule has 5 rings (SSSR count). The number of rotatable bonds is 0. The molecule has 94 valence electrons. The lowest BCUT2D eigenvalue weighted by Crippen LogP contribution is -2.42. The summed E-state index contributed by atoms with van der Waals surface area (Å²) in [5, 5.41) is 0. The predicted octanol–water partition coefficient (Wildman–Crippen LogP) is 3.29. The molecule has 3 aliphatic rings. The SMILES string of the molecule is c1ccc2c(c1)-c1ccccc1C1OC1C1OCC21. The van der Waals surface area contributed by atoms with Crippen LogP contribution >= 0.6 is 0 Å². The van der Waals surface area contributed by atoms with Gasteiger partial charge >= 0.3 is 0 Å². The molecule has 2 aromatic carbocycles. The highest BCUT2D eigenvalue weighted by Gasteiger charge is 2.55. The van der Waals surface area contributed by atoms with E-state index in [4.69, 9.17) is 9.47 Å². The van der Waals surface area contributed by atoms with Gasteiger partial charge in [0.15, 0.2) is 0 Å². The van der Waals surface area contributed by atoms with E-state index in [1.54, 1.807) is 0 Å². The van der Waals surface area contributed by atoms with Gasteiger partial charge in [0.2, 0.25) is 0 Å². The molecule has 0 N–H and O–H groups in total. The standard InChI is InChI=1S/C17H14O2/c1-2-7-12-10(5-1)11-6-3-4-8-13(11)16-17(19-16)15-14(12)9-18-15/h1-8,14-17H,9H2. The molecule has 0 aromatic heterocycles. The Morgan fingerprint density at radius 3 is 2.21 bits per heavy atom. The van der Waals surface area contributed by atoms with Crippen LogP contribution in [-0.4, -0.2) is 18.8 Å². The summed E-state index contributed by atoms with van der Waals surface area (Å²) in [6, 6.07) is 17.3. The second-order valence-corrected chi connectivity index (χ2v) is 5.60. The van der Waals surface area contributed by atoms with E-state index in [1.807, 2.05) is 0 Å². The molecule has 2 saturated heterocycles. The zero-order valence-electron chi connectivity index (χ0n) is 10.5. The Labute approximate surface area is 112 Å². The highest BCUT2D eigenvalue weighted by molar-refractivity contribution is 5.73. The topological polar surface area (TPSA) is 21.8 Å². The molecule has 1 aliphatic carbocycles. The largest absolute Gasteiger partial charge is 0.374 e. The summed E-state index contributed by atoms with van der Waals surface area (Å²) in [6.45, 7) is 0.830. The lowest BCUT2D eigenvalue weighted by atomic mass is 9.78. The van der Waals surface area contributed by atoms with Crippen molar-refractivity contribution in [2.75, 3.05) is 6.61 Å². The number of benzene rings is 2. The Morgan fingerprint density at radius 1 is 0.789 bits per heavy atom. The van der Waals surface area contributed by atoms with Gasteiger partial charge in [0, 0.05) is 5.92 Å². The third kappa shape index (κ3) is 1.28. The minimum atomic E-state index is 0.234. The van der Waals surface area contributed by atoms with Gasteiger partial charge in [-0.25, -0.2) is 0 Å². The predicted molar refractivity (Wildman–Crippen MR) is 72.0 cm³/mol. The average Bonchev–Trinajstić information content (AvgIpc) is 3.17. The normalized spacial score (nSPS) is 33.7. The lowest BCUT2D eigenvalue weighted by Gasteiger charge is -2.38. The summed E-state index contributed by atoms with van der Waals surface area (Å²) in [6.07, 6.45) is 0.741. The fourth-order valence-electron chi connectivity index (χ4n) is 3.57. The third-order valence-electron chi connectivity index (χ3n) is 4.63. The summed E-state index contributed by atoms with van der Waals surface area (Å²) in [5.41, 5.74) is 5.41. The third-order valence-corrected chi connectivity index (χ3v) is 4.63. The quantitative estimate of drug-likeness (QED) is 0.669. The van der Waals surface area contributed by atoms with Crippen molar-refractivity contribution in [1.29, 1.82) is 0 Å². The lowest BCUT2D eigenvalue weighted by molar-refractivity contribution is -0.0894. The van der Waals surface area contributed by atoms with Gasteiger partial charge in [0.05, 0.1) is 12.7 Å². The Hall–Kier alpha value is -1.64. The van der Waals surface area contributed by atoms with Crippen LogP contribution in [-0.2, 0) is 9.47 Å². The number of ether oxygens (including phenoxy) is 2. The zero-order valence-corrected chi connectivity index (χ0v) is 10.5. The van der Waals surface area contributed by atoms with Crippen LogP contribution in [0.25, 0.3) is 11.1 Å². The maximum absolute atomic E-state index is 5.90. The molecule has 2 aromatic rings. The zero-order chi connectivity index (χ0) is 12.4. The minimum Gasteiger partial charge on any atom is -0.374 e. The van der Waals surface area contributed by atoms with E-state index in [1.165, 1.54) is 22.3 Å². The molecular formula is C17H14O2. The fourth-order valence-corrected chi connectivity index (χ4v) is 3.57. The van der Waals surface area contributed by atoms with Gasteiger partial charge in [-0.05, 0) is 22.3 Å². The molecule has 4 atom stereocenters. The maximum atomic E-state index is 5.90. The van der Waals surface area contributed by atoms with Crippen LogP contribution in [0.1, 0.15) is 23.1 Å². The van der Waals surface area contributed by atoms with Gasteiger partial charge in [-0.3, -0.25) is 0 Å². The van der Waals surface area contributed by atoms with E-state index in [9.17, 15) is 0 Å². The second kappa shape index (κ2) is 3.47. The molecule has 0 saturated carbocycles. The van der Waals surface area contributed by atoms with Crippen molar-refractivity contribution in [3.63, 3.8) is 0 Å². The molecule has 2 heterocycles. The van der Waals surface area contributed by atoms with Crippen LogP contribution in [0.5, 0.6) is 0 Å². The molecule has 0 radical (unpaired) electrons. The van der Waals surface area contributed by atoms with Gasteiger partial charge in [-0.15, -0.1) is 0 Å². The molecule has 4 unspecified atom stereocenters. The van der Waals surface area contributed by atoms with Gasteiger partial charge < -0.3 is 9.47 Å². The first kappa shape index (κ1) is 10.2. The van der Waals surface area contributed by atoms with Crippen molar-refractivity contribution in [2.45, 2.75) is 24.2 Å². The minimum absolute atomic E-state index is 0.234. The van der Waals surface area contributed by atoms with Crippen LogP contribution in [0.15, 0.2) is 48.5 Å². The first-order valence-corrected chi connectivity index (χ1v) is 6.89. The van der Waals surface area contributed by atoms with Gasteiger partial charge in [-0.2, -0.15) is 0 Å². The number of epoxide rings is 1. The first-order chi connectivity index (χ1) is 9.43. The summed E-state index contributed by atoms with van der Waals surface area (Å²) >= 11 is 0. The van der Waals surface area contributed by atoms with Crippen molar-refractivity contribution >= 4 is 0 Å². The van der Waals surface area contributed by atoms with E-state index >= 15 is 0 Å². The summed E-state index contributed by atoms with van der Waals surface area (Å²) in [4.78, 5) is 0. The first-order valence-electron chi connectivity index (χ1n) is 6.89. The summed E-state index contributed by atoms with van der Waals surface area (Å²) < 4.78 is 11.7. The number of fused-ring (bicyclic) bond motifs is 8. The summed E-state index contributed by atoms with van der Waals surface area (Å²) in [5.74, 6) is 0.500. The molecule has 2 aliphatic heterocycles. The monoisotopic (exact) mass is 250 g/mol. The summed E-state index contributed by atoms with van der Waals surface area (Å²) in [7, 11) is 0. The van der Waals surface area contributed by atoms with Crippen molar-refractivity contribution in [3.8, 4) is 11.1 Å². The Bertz CT molecular complexity index is 664. The van der Waals surface area contributed by atoms with Gasteiger partial charge in [0.1, 0.15) is 12.2 Å². The molecule has 2 nitrogen and oxygen atoms in total. The molecule has 19 heavy (non-hydrogen) atoms. The van der Waals surface area contributed by atoms with Crippen molar-refractivity contribution < 1.29 is 9.47 Å². The molecule has 2 fully saturated rings. The van der Waals surface area contributed by atoms with Crippen LogP contribution in [0.2, 0.25) is 0 Å². The van der Waals surface area contributed by atoms with Crippen LogP contribution in [0, 0.1) is 0 Å². The van der Waals surface area contributed by atoms with E-state index in [2.05, 4.69) is 48.5 Å². The Morgan fingerprint density at radius 2 is 1.47 bits per heavy atom. The van der Waals surface area contributed by atoms with Gasteiger partial charge in [-0.1, -0.05) is 48.5 Å². The fraction of sp³-hybridized carbons (Fsp3) is 0.294. The average molecular weight is 250 g/mol. The van der Waals surface area contributed by atoms with E-state index < -0.39 is 0 Å². The number of hydrogen-bond acceptors (Lipinski definition) is 2. The van der Waals surface area contributed by atoms with Gasteiger partial charge in [0.25, 0.3) is 0 Å². The molecular weight excluding hydrogens is 236 g/mol. The van der Waals surface area contributed by atoms with E-state index in [0.717, 1.165) is 6.61 Å². The molecule has 0 bridgehead atoms. The number of hydrogen-bond donors (Lipinski definition) is 0. The van der Waals surface area contributed by atoms with Crippen molar-refractivity contribution in [2.24, 2.45) is 0 Å². The van der Waals surface area contributed by atoms with E-state index in [0.29, 0.717) is 5.92 Å². The van der Waals surface area contributed by atoms with Crippen molar-refractivity contribution in [3.05, 3.63) is 59.7 Å². The van der Waals surface area contributed by atoms with Crippen LogP contribution < -0.4 is 0 Å². The maximum Gasteiger partial charge on any atom is 0.116 e. The second-order valence-electron chi connectivity index (χ2n) is 5.60. The van der Waals surface area contributed by atoms with E-state index in [-0.39, 0.29) is 18.3 Å². The highest BCUT2D eigenvalue weighted by Crippen LogP contribution is 2.54. The highest BCUT2D eigenvalue weighted by atomic mass is 16.6. The molecule has 2 heteroatoms. The smallest absolute Gasteiger partial charge is 0.116 e. The molecule has 0 spiro atoms. The Balaban J connectivity index is 1.80. The van der Waals surface area contributed by atoms with Crippen LogP contribution in [0.3, 0.4) is 0 Å². The van der Waals surface area contributed by atoms with Crippen LogP contribution in [0.4, 0.5) is 0 Å². The molecule has 0 amide bonds.